The van der Waals surface area contributed by atoms with Crippen molar-refractivity contribution in [2.45, 2.75) is 39.3 Å². The highest BCUT2D eigenvalue weighted by molar-refractivity contribution is 6.33. The van der Waals surface area contributed by atoms with Crippen LogP contribution in [0.25, 0.3) is 10.9 Å². The van der Waals surface area contributed by atoms with Crippen molar-refractivity contribution in [2.24, 2.45) is 0 Å². The molecule has 1 aliphatic heterocycles. The van der Waals surface area contributed by atoms with Crippen LogP contribution in [0.5, 0.6) is 0 Å². The molecule has 1 aromatic heterocycles. The predicted octanol–water partition coefficient (Wildman–Crippen LogP) is 5.01. The molecular weight excluding hydrogens is 414 g/mol. The van der Waals surface area contributed by atoms with Crippen LogP contribution in [-0.2, 0) is 11.3 Å². The number of hydrogen-bond acceptors (Lipinski definition) is 3. The van der Waals surface area contributed by atoms with Crippen molar-refractivity contribution in [3.63, 3.8) is 0 Å². The minimum absolute atomic E-state index is 0.0403. The van der Waals surface area contributed by atoms with E-state index in [4.69, 9.17) is 16.3 Å². The normalized spacial score (nSPS) is 15.9. The number of para-hydroxylation sites is 1. The number of fused-ring (bicyclic) bond motifs is 1. The van der Waals surface area contributed by atoms with E-state index >= 15 is 0 Å². The van der Waals surface area contributed by atoms with Crippen molar-refractivity contribution in [2.75, 3.05) is 18.5 Å². The molecule has 3 aromatic rings. The number of ether oxygens (including phenoxy) is 1. The average molecular weight is 440 g/mol. The lowest BCUT2D eigenvalue weighted by Gasteiger charge is -2.26. The van der Waals surface area contributed by atoms with Gasteiger partial charge in [0.1, 0.15) is 0 Å². The molecule has 1 unspecified atom stereocenters. The molecule has 6 nitrogen and oxygen atoms in total. The van der Waals surface area contributed by atoms with Gasteiger partial charge in [-0.1, -0.05) is 35.9 Å². The Morgan fingerprint density at radius 1 is 1.26 bits per heavy atom. The molecule has 1 aliphatic rings. The Hall–Kier alpha value is -2.83. The zero-order valence-corrected chi connectivity index (χ0v) is 18.5. The number of amides is 2. The van der Waals surface area contributed by atoms with Crippen LogP contribution in [0.15, 0.2) is 47.3 Å². The number of H-pyrrole nitrogens is 1. The first kappa shape index (κ1) is 21.4. The van der Waals surface area contributed by atoms with Crippen LogP contribution in [0.3, 0.4) is 0 Å². The Morgan fingerprint density at radius 2 is 2.06 bits per heavy atom. The molecule has 2 aromatic carbocycles. The van der Waals surface area contributed by atoms with Gasteiger partial charge in [0.25, 0.3) is 5.56 Å². The number of urea groups is 1. The highest BCUT2D eigenvalue weighted by Gasteiger charge is 2.24. The van der Waals surface area contributed by atoms with Crippen molar-refractivity contribution in [1.82, 2.24) is 9.88 Å². The summed E-state index contributed by atoms with van der Waals surface area (Å²) in [4.78, 5) is 30.6. The molecule has 162 valence electrons. The first-order chi connectivity index (χ1) is 14.9. The van der Waals surface area contributed by atoms with Gasteiger partial charge in [0.05, 0.1) is 28.9 Å². The van der Waals surface area contributed by atoms with Crippen molar-refractivity contribution < 1.29 is 9.53 Å². The smallest absolute Gasteiger partial charge is 0.322 e. The van der Waals surface area contributed by atoms with E-state index in [1.54, 1.807) is 23.1 Å². The minimum atomic E-state index is -0.316. The molecule has 2 amide bonds. The van der Waals surface area contributed by atoms with Crippen LogP contribution in [0.2, 0.25) is 5.02 Å². The molecular formula is C24H26ClN3O3. The summed E-state index contributed by atoms with van der Waals surface area (Å²) >= 11 is 6.21. The maximum Gasteiger partial charge on any atom is 0.322 e. The molecule has 1 fully saturated rings. The van der Waals surface area contributed by atoms with E-state index in [1.165, 1.54) is 0 Å². The van der Waals surface area contributed by atoms with Crippen LogP contribution < -0.4 is 10.9 Å². The topological polar surface area (TPSA) is 74.4 Å². The summed E-state index contributed by atoms with van der Waals surface area (Å²) in [6, 6.07) is 12.7. The first-order valence-corrected chi connectivity index (χ1v) is 10.8. The van der Waals surface area contributed by atoms with E-state index in [2.05, 4.69) is 10.3 Å². The zero-order chi connectivity index (χ0) is 22.0. The number of halogens is 1. The summed E-state index contributed by atoms with van der Waals surface area (Å²) in [7, 11) is 0. The fraction of sp³-hybridized carbons (Fsp3) is 0.333. The summed E-state index contributed by atoms with van der Waals surface area (Å²) < 4.78 is 5.74. The van der Waals surface area contributed by atoms with E-state index in [1.807, 2.05) is 38.1 Å². The molecule has 1 atom stereocenters. The van der Waals surface area contributed by atoms with Gasteiger partial charge in [-0.2, -0.15) is 0 Å². The first-order valence-electron chi connectivity index (χ1n) is 10.5. The maximum absolute atomic E-state index is 13.1. The number of pyridine rings is 1. The Bertz CT molecular complexity index is 1170. The second kappa shape index (κ2) is 9.12. The predicted molar refractivity (Wildman–Crippen MR) is 124 cm³/mol. The Morgan fingerprint density at radius 3 is 2.81 bits per heavy atom. The standard InChI is InChI=1S/C24H26ClN3O3/c1-15-9-10-17-12-18(23(29)27-22(17)16(15)2)13-28(14-19-6-5-11-31-19)24(30)26-21-8-4-3-7-20(21)25/h3-4,7-10,12,19H,5-6,11,13-14H2,1-2H3,(H,26,30)(H,27,29). The second-order valence-corrected chi connectivity index (χ2v) is 8.43. The number of nitrogens with zero attached hydrogens (tertiary/aromatic N) is 1. The molecule has 7 heteroatoms. The van der Waals surface area contributed by atoms with E-state index in [0.29, 0.717) is 29.4 Å². The molecule has 31 heavy (non-hydrogen) atoms. The zero-order valence-electron chi connectivity index (χ0n) is 17.7. The van der Waals surface area contributed by atoms with Crippen LogP contribution in [0.1, 0.15) is 29.5 Å². The highest BCUT2D eigenvalue weighted by atomic mass is 35.5. The summed E-state index contributed by atoms with van der Waals surface area (Å²) in [6.07, 6.45) is 1.82. The maximum atomic E-state index is 13.1. The minimum Gasteiger partial charge on any atom is -0.376 e. The molecule has 1 saturated heterocycles. The van der Waals surface area contributed by atoms with Gasteiger partial charge < -0.3 is 19.9 Å². The molecule has 0 aliphatic carbocycles. The SMILES string of the molecule is Cc1ccc2cc(CN(CC3CCCO3)C(=O)Nc3ccccc3Cl)c(=O)[nH]c2c1C. The molecule has 4 rings (SSSR count). The molecule has 0 saturated carbocycles. The van der Waals surface area contributed by atoms with Crippen LogP contribution in [-0.4, -0.2) is 35.2 Å². The number of nitrogens with one attached hydrogen (secondary N) is 2. The van der Waals surface area contributed by atoms with Crippen molar-refractivity contribution in [3.8, 4) is 0 Å². The summed E-state index contributed by atoms with van der Waals surface area (Å²) in [5.41, 5.74) is 3.88. The van der Waals surface area contributed by atoms with Gasteiger partial charge in [-0.3, -0.25) is 4.79 Å². The molecule has 2 N–H and O–H groups in total. The molecule has 0 radical (unpaired) electrons. The van der Waals surface area contributed by atoms with E-state index in [-0.39, 0.29) is 24.2 Å². The monoisotopic (exact) mass is 439 g/mol. The van der Waals surface area contributed by atoms with Gasteiger partial charge >= 0.3 is 6.03 Å². The highest BCUT2D eigenvalue weighted by Crippen LogP contribution is 2.23. The summed E-state index contributed by atoms with van der Waals surface area (Å²) in [6.45, 7) is 5.28. The number of carbonyl (C=O) groups is 1. The summed E-state index contributed by atoms with van der Waals surface area (Å²) in [5.74, 6) is 0. The number of anilines is 1. The fourth-order valence-electron chi connectivity index (χ4n) is 3.90. The number of hydrogen-bond donors (Lipinski definition) is 2. The largest absolute Gasteiger partial charge is 0.376 e. The number of aryl methyl sites for hydroxylation is 2. The third kappa shape index (κ3) is 4.75. The number of rotatable bonds is 5. The van der Waals surface area contributed by atoms with E-state index in [0.717, 1.165) is 34.9 Å². The second-order valence-electron chi connectivity index (χ2n) is 8.02. The Balaban J connectivity index is 1.63. The number of aromatic amines is 1. The lowest BCUT2D eigenvalue weighted by atomic mass is 10.0. The van der Waals surface area contributed by atoms with E-state index in [9.17, 15) is 9.59 Å². The number of aromatic nitrogens is 1. The van der Waals surface area contributed by atoms with Crippen molar-refractivity contribution >= 4 is 34.2 Å². The molecule has 2 heterocycles. The average Bonchev–Trinajstić information content (AvgIpc) is 3.26. The summed E-state index contributed by atoms with van der Waals surface area (Å²) in [5, 5.41) is 4.27. The van der Waals surface area contributed by atoms with Crippen LogP contribution >= 0.6 is 11.6 Å². The number of benzene rings is 2. The van der Waals surface area contributed by atoms with Crippen LogP contribution in [0, 0.1) is 13.8 Å². The van der Waals surface area contributed by atoms with Gasteiger partial charge in [0.2, 0.25) is 0 Å². The van der Waals surface area contributed by atoms with Gasteiger partial charge in [-0.15, -0.1) is 0 Å². The van der Waals surface area contributed by atoms with Gasteiger partial charge in [-0.25, -0.2) is 4.79 Å². The third-order valence-electron chi connectivity index (χ3n) is 5.84. The van der Waals surface area contributed by atoms with Crippen molar-refractivity contribution in [1.29, 1.82) is 0 Å². The lowest BCUT2D eigenvalue weighted by molar-refractivity contribution is 0.0818. The van der Waals surface area contributed by atoms with Gasteiger partial charge in [0.15, 0.2) is 0 Å². The quantitative estimate of drug-likeness (QED) is 0.586. The molecule has 0 bridgehead atoms. The third-order valence-corrected chi connectivity index (χ3v) is 6.17. The van der Waals surface area contributed by atoms with Crippen LogP contribution in [0.4, 0.5) is 10.5 Å². The number of carbonyl (C=O) groups excluding carboxylic acids is 1. The van der Waals surface area contributed by atoms with Gasteiger partial charge in [0, 0.05) is 18.7 Å². The fourth-order valence-corrected chi connectivity index (χ4v) is 4.09. The molecule has 0 spiro atoms. The Kier molecular flexibility index (Phi) is 6.30. The Labute approximate surface area is 186 Å². The lowest BCUT2D eigenvalue weighted by Crippen LogP contribution is -2.40. The van der Waals surface area contributed by atoms with E-state index < -0.39 is 0 Å². The van der Waals surface area contributed by atoms with Crippen molar-refractivity contribution in [3.05, 3.63) is 74.5 Å². The van der Waals surface area contributed by atoms with Gasteiger partial charge in [-0.05, 0) is 61.4 Å².